The van der Waals surface area contributed by atoms with Crippen molar-refractivity contribution in [3.05, 3.63) is 59.2 Å². The number of Topliss-reactive ketones (excluding diaryl/α,β-unsaturated/α-hetero) is 1. The molecule has 0 aliphatic rings. The number of ether oxygens (including phenoxy) is 1. The second-order valence-electron chi connectivity index (χ2n) is 7.79. The number of halogens is 1. The Morgan fingerprint density at radius 1 is 1.09 bits per heavy atom. The van der Waals surface area contributed by atoms with Crippen LogP contribution in [0.4, 0.5) is 10.2 Å². The average molecular weight is 436 g/mol. The fourth-order valence-corrected chi connectivity index (χ4v) is 3.91. The first-order valence-electron chi connectivity index (χ1n) is 10.7. The molecule has 0 bridgehead atoms. The van der Waals surface area contributed by atoms with Crippen LogP contribution in [0.3, 0.4) is 0 Å². The number of fused-ring (bicyclic) bond motifs is 3. The van der Waals surface area contributed by atoms with Gasteiger partial charge in [0.05, 0.1) is 18.2 Å². The summed E-state index contributed by atoms with van der Waals surface area (Å²) >= 11 is 0. The van der Waals surface area contributed by atoms with E-state index in [1.807, 2.05) is 30.4 Å². The Labute approximate surface area is 185 Å². The fraction of sp³-hybridized carbons (Fsp3) is 0.333. The predicted molar refractivity (Wildman–Crippen MR) is 122 cm³/mol. The van der Waals surface area contributed by atoms with Crippen LogP contribution in [0.15, 0.2) is 36.4 Å². The maximum Gasteiger partial charge on any atom is 0.204 e. The molecule has 0 saturated heterocycles. The van der Waals surface area contributed by atoms with Gasteiger partial charge in [0.15, 0.2) is 11.6 Å². The van der Waals surface area contributed by atoms with Crippen LogP contribution in [0.1, 0.15) is 47.4 Å². The molecule has 0 aliphatic heterocycles. The van der Waals surface area contributed by atoms with Crippen LogP contribution in [-0.2, 0) is 0 Å². The summed E-state index contributed by atoms with van der Waals surface area (Å²) in [4.78, 5) is 17.0. The zero-order chi connectivity index (χ0) is 22.7. The van der Waals surface area contributed by atoms with E-state index < -0.39 is 5.82 Å². The largest absolute Gasteiger partial charge is 0.494 e. The molecule has 0 atom stereocenters. The highest BCUT2D eigenvalue weighted by atomic mass is 19.1. The first kappa shape index (κ1) is 21.7. The second-order valence-corrected chi connectivity index (χ2v) is 7.79. The zero-order valence-corrected chi connectivity index (χ0v) is 18.5. The van der Waals surface area contributed by atoms with Gasteiger partial charge in [-0.15, -0.1) is 10.2 Å². The number of methoxy groups -OCH3 is 1. The molecule has 2 aromatic heterocycles. The molecule has 4 aromatic rings. The number of unbranched alkanes of at least 4 members (excludes halogenated alkanes) is 2. The number of benzene rings is 2. The minimum absolute atomic E-state index is 0.157. The van der Waals surface area contributed by atoms with Crippen LogP contribution < -0.4 is 10.1 Å². The van der Waals surface area contributed by atoms with Crippen molar-refractivity contribution < 1.29 is 13.9 Å². The van der Waals surface area contributed by atoms with E-state index in [2.05, 4.69) is 15.5 Å². The van der Waals surface area contributed by atoms with E-state index in [-0.39, 0.29) is 11.3 Å². The van der Waals surface area contributed by atoms with Crippen molar-refractivity contribution in [2.45, 2.75) is 39.5 Å². The number of carbonyl (C=O) groups excluding carboxylic acids is 1. The van der Waals surface area contributed by atoms with Gasteiger partial charge in [-0.25, -0.2) is 9.37 Å². The number of nitrogens with one attached hydrogen (secondary N) is 1. The minimum atomic E-state index is -0.458. The van der Waals surface area contributed by atoms with Gasteiger partial charge < -0.3 is 10.1 Å². The number of anilines is 1. The number of rotatable bonds is 9. The van der Waals surface area contributed by atoms with Crippen LogP contribution in [0.5, 0.6) is 5.75 Å². The van der Waals surface area contributed by atoms with Crippen LogP contribution in [0.2, 0.25) is 0 Å². The van der Waals surface area contributed by atoms with Crippen LogP contribution in [0, 0.1) is 19.7 Å². The Morgan fingerprint density at radius 2 is 1.91 bits per heavy atom. The average Bonchev–Trinajstić information content (AvgIpc) is 3.18. The van der Waals surface area contributed by atoms with Crippen LogP contribution in [0.25, 0.3) is 16.7 Å². The van der Waals surface area contributed by atoms with E-state index in [1.54, 1.807) is 19.2 Å². The Hall–Kier alpha value is -3.55. The summed E-state index contributed by atoms with van der Waals surface area (Å²) in [6.07, 6.45) is 2.71. The molecule has 0 spiro atoms. The summed E-state index contributed by atoms with van der Waals surface area (Å²) in [7, 11) is 1.64. The highest BCUT2D eigenvalue weighted by molar-refractivity contribution is 5.96. The van der Waals surface area contributed by atoms with Crippen LogP contribution >= 0.6 is 0 Å². The molecule has 0 amide bonds. The van der Waals surface area contributed by atoms with Gasteiger partial charge in [0, 0.05) is 13.0 Å². The van der Waals surface area contributed by atoms with Gasteiger partial charge in [-0.05, 0) is 50.5 Å². The van der Waals surface area contributed by atoms with E-state index in [1.165, 1.54) is 12.1 Å². The first-order chi connectivity index (χ1) is 15.5. The molecule has 32 heavy (non-hydrogen) atoms. The molecule has 0 aliphatic carbocycles. The number of hydrogen-bond donors (Lipinski definition) is 1. The Balaban J connectivity index is 1.42. The molecule has 166 valence electrons. The van der Waals surface area contributed by atoms with Gasteiger partial charge in [0.25, 0.3) is 0 Å². The number of carbonyl (C=O) groups is 1. The van der Waals surface area contributed by atoms with E-state index in [0.717, 1.165) is 41.0 Å². The zero-order valence-electron chi connectivity index (χ0n) is 18.5. The molecule has 2 aromatic carbocycles. The maximum atomic E-state index is 13.7. The van der Waals surface area contributed by atoms with Crippen LogP contribution in [-0.4, -0.2) is 39.0 Å². The second kappa shape index (κ2) is 9.30. The predicted octanol–water partition coefficient (Wildman–Crippen LogP) is 4.90. The smallest absolute Gasteiger partial charge is 0.204 e. The topological polar surface area (TPSA) is 81.4 Å². The monoisotopic (exact) mass is 435 g/mol. The lowest BCUT2D eigenvalue weighted by molar-refractivity contribution is 0.0975. The SMILES string of the molecule is COc1c(C)ccc2c1nc(NCCCCCC(=O)c1ccccc1F)c1nnc(C)n12. The molecule has 0 saturated carbocycles. The lowest BCUT2D eigenvalue weighted by Gasteiger charge is -2.13. The highest BCUT2D eigenvalue weighted by Gasteiger charge is 2.17. The van der Waals surface area contributed by atoms with Crippen molar-refractivity contribution in [2.24, 2.45) is 0 Å². The molecule has 7 nitrogen and oxygen atoms in total. The third kappa shape index (κ3) is 4.12. The molecular formula is C24H26FN5O2. The molecule has 2 heterocycles. The summed E-state index contributed by atoms with van der Waals surface area (Å²) in [5.74, 6) is 1.53. The molecule has 0 radical (unpaired) electrons. The van der Waals surface area contributed by atoms with Crippen molar-refractivity contribution in [1.82, 2.24) is 19.6 Å². The van der Waals surface area contributed by atoms with Crippen molar-refractivity contribution in [1.29, 1.82) is 0 Å². The van der Waals surface area contributed by atoms with E-state index in [4.69, 9.17) is 9.72 Å². The van der Waals surface area contributed by atoms with Gasteiger partial charge in [-0.2, -0.15) is 0 Å². The normalized spacial score (nSPS) is 11.2. The minimum Gasteiger partial charge on any atom is -0.494 e. The molecule has 0 unspecified atom stereocenters. The van der Waals surface area contributed by atoms with Crippen molar-refractivity contribution >= 4 is 28.3 Å². The molecule has 1 N–H and O–H groups in total. The van der Waals surface area contributed by atoms with Gasteiger partial charge in [0.1, 0.15) is 22.9 Å². The summed E-state index contributed by atoms with van der Waals surface area (Å²) in [6.45, 7) is 4.56. The Kier molecular flexibility index (Phi) is 6.30. The summed E-state index contributed by atoms with van der Waals surface area (Å²) in [5, 5.41) is 11.9. The molecule has 8 heteroatoms. The van der Waals surface area contributed by atoms with Gasteiger partial charge >= 0.3 is 0 Å². The summed E-state index contributed by atoms with van der Waals surface area (Å²) in [6, 6.07) is 10.1. The third-order valence-electron chi connectivity index (χ3n) is 5.56. The number of aryl methyl sites for hydroxylation is 2. The van der Waals surface area contributed by atoms with E-state index in [0.29, 0.717) is 30.9 Å². The lowest BCUT2D eigenvalue weighted by atomic mass is 10.0. The lowest BCUT2D eigenvalue weighted by Crippen LogP contribution is -2.08. The van der Waals surface area contributed by atoms with Crippen molar-refractivity contribution in [2.75, 3.05) is 19.0 Å². The van der Waals surface area contributed by atoms with E-state index >= 15 is 0 Å². The quantitative estimate of drug-likeness (QED) is 0.298. The number of nitrogens with zero attached hydrogens (tertiary/aromatic N) is 4. The van der Waals surface area contributed by atoms with E-state index in [9.17, 15) is 9.18 Å². The van der Waals surface area contributed by atoms with Crippen molar-refractivity contribution in [3.8, 4) is 5.75 Å². The van der Waals surface area contributed by atoms with Gasteiger partial charge in [-0.3, -0.25) is 9.20 Å². The number of aromatic nitrogens is 4. The third-order valence-corrected chi connectivity index (χ3v) is 5.56. The standard InChI is InChI=1S/C24H26FN5O2/c1-15-12-13-19-21(22(15)32-3)27-23(24-29-28-16(2)30(19)24)26-14-8-4-5-11-20(31)17-9-6-7-10-18(17)25/h6-7,9-10,12-13H,4-5,8,11,14H2,1-3H3,(H,26,27). The Morgan fingerprint density at radius 3 is 2.69 bits per heavy atom. The van der Waals surface area contributed by atoms with Crippen molar-refractivity contribution in [3.63, 3.8) is 0 Å². The molecule has 4 rings (SSSR count). The summed E-state index contributed by atoms with van der Waals surface area (Å²) in [5.41, 5.74) is 3.47. The maximum absolute atomic E-state index is 13.7. The molecular weight excluding hydrogens is 409 g/mol. The Bertz CT molecular complexity index is 1280. The first-order valence-corrected chi connectivity index (χ1v) is 10.7. The number of ketones is 1. The van der Waals surface area contributed by atoms with Gasteiger partial charge in [0.2, 0.25) is 5.65 Å². The highest BCUT2D eigenvalue weighted by Crippen LogP contribution is 2.31. The summed E-state index contributed by atoms with van der Waals surface area (Å²) < 4.78 is 21.3. The number of hydrogen-bond acceptors (Lipinski definition) is 6. The fourth-order valence-electron chi connectivity index (χ4n) is 3.91. The molecule has 0 fully saturated rings. The van der Waals surface area contributed by atoms with Gasteiger partial charge in [-0.1, -0.05) is 24.6 Å².